The second-order valence-electron chi connectivity index (χ2n) is 6.01. The van der Waals surface area contributed by atoms with Gasteiger partial charge in [-0.3, -0.25) is 10.1 Å². The van der Waals surface area contributed by atoms with Crippen molar-refractivity contribution in [3.05, 3.63) is 58.4 Å². The molecule has 1 fully saturated rings. The van der Waals surface area contributed by atoms with Crippen LogP contribution in [0.15, 0.2) is 41.5 Å². The molecule has 25 heavy (non-hydrogen) atoms. The molecular formula is C17H19FN4O3. The standard InChI is InChI=1S/C17H19FN4O3/c1-11-9-22(10-14(25-11)12-3-5-13(18)6-4-12)17(24)20-15-16(23)21(2)8-7-19-15/h3-8,11,14H,9-10H2,1-2H3,(H,19,20,24)/t11-,14+/m0/s1. The normalized spacial score (nSPS) is 20.4. The number of amides is 2. The Kier molecular flexibility index (Phi) is 4.80. The molecule has 0 bridgehead atoms. The fourth-order valence-corrected chi connectivity index (χ4v) is 2.74. The molecule has 1 aromatic heterocycles. The first-order valence-corrected chi connectivity index (χ1v) is 7.92. The van der Waals surface area contributed by atoms with Gasteiger partial charge in [0.05, 0.1) is 12.6 Å². The largest absolute Gasteiger partial charge is 0.367 e. The third-order valence-electron chi connectivity index (χ3n) is 4.03. The molecule has 1 aromatic carbocycles. The number of morpholine rings is 1. The molecule has 2 amide bonds. The highest BCUT2D eigenvalue weighted by molar-refractivity contribution is 5.88. The second kappa shape index (κ2) is 7.02. The van der Waals surface area contributed by atoms with Crippen molar-refractivity contribution in [2.75, 3.05) is 18.4 Å². The van der Waals surface area contributed by atoms with E-state index in [0.717, 1.165) is 5.56 Å². The number of hydrogen-bond acceptors (Lipinski definition) is 4. The van der Waals surface area contributed by atoms with E-state index < -0.39 is 6.03 Å². The first-order valence-electron chi connectivity index (χ1n) is 7.92. The van der Waals surface area contributed by atoms with Gasteiger partial charge in [-0.1, -0.05) is 12.1 Å². The fraction of sp³-hybridized carbons (Fsp3) is 0.353. The summed E-state index contributed by atoms with van der Waals surface area (Å²) in [4.78, 5) is 30.0. The Balaban J connectivity index is 1.74. The second-order valence-corrected chi connectivity index (χ2v) is 6.01. The lowest BCUT2D eigenvalue weighted by molar-refractivity contribution is -0.0643. The van der Waals surface area contributed by atoms with Crippen LogP contribution in [0.25, 0.3) is 0 Å². The van der Waals surface area contributed by atoms with Gasteiger partial charge in [-0.25, -0.2) is 14.2 Å². The van der Waals surface area contributed by atoms with Gasteiger partial charge in [0.2, 0.25) is 5.82 Å². The van der Waals surface area contributed by atoms with Crippen LogP contribution >= 0.6 is 0 Å². The maximum absolute atomic E-state index is 13.1. The first kappa shape index (κ1) is 17.1. The number of benzene rings is 1. The van der Waals surface area contributed by atoms with E-state index in [0.29, 0.717) is 13.1 Å². The van der Waals surface area contributed by atoms with Gasteiger partial charge in [0, 0.05) is 26.0 Å². The number of aromatic nitrogens is 2. The molecule has 0 saturated carbocycles. The van der Waals surface area contributed by atoms with Crippen LogP contribution < -0.4 is 10.9 Å². The first-order chi connectivity index (χ1) is 11.9. The van der Waals surface area contributed by atoms with Crippen molar-refractivity contribution in [3.63, 3.8) is 0 Å². The Morgan fingerprint density at radius 2 is 2.04 bits per heavy atom. The van der Waals surface area contributed by atoms with Crippen LogP contribution in [0.4, 0.5) is 15.0 Å². The summed E-state index contributed by atoms with van der Waals surface area (Å²) in [5.41, 5.74) is 0.409. The van der Waals surface area contributed by atoms with Crippen LogP contribution in [0.1, 0.15) is 18.6 Å². The van der Waals surface area contributed by atoms with Gasteiger partial charge in [-0.2, -0.15) is 0 Å². The van der Waals surface area contributed by atoms with Gasteiger partial charge in [0.25, 0.3) is 5.56 Å². The molecule has 132 valence electrons. The maximum atomic E-state index is 13.1. The molecule has 7 nitrogen and oxygen atoms in total. The number of carbonyl (C=O) groups excluding carboxylic acids is 1. The summed E-state index contributed by atoms with van der Waals surface area (Å²) in [6.45, 7) is 2.54. The Morgan fingerprint density at radius 1 is 1.32 bits per heavy atom. The van der Waals surface area contributed by atoms with Gasteiger partial charge in [-0.15, -0.1) is 0 Å². The average Bonchev–Trinajstić information content (AvgIpc) is 2.59. The number of carbonyl (C=O) groups is 1. The summed E-state index contributed by atoms with van der Waals surface area (Å²) in [6.07, 6.45) is 2.40. The summed E-state index contributed by atoms with van der Waals surface area (Å²) in [6, 6.07) is 5.59. The molecular weight excluding hydrogens is 327 g/mol. The third-order valence-corrected chi connectivity index (χ3v) is 4.03. The smallest absolute Gasteiger partial charge is 0.323 e. The van der Waals surface area contributed by atoms with E-state index in [9.17, 15) is 14.0 Å². The van der Waals surface area contributed by atoms with Gasteiger partial charge in [0.1, 0.15) is 11.9 Å². The van der Waals surface area contributed by atoms with E-state index in [-0.39, 0.29) is 29.4 Å². The van der Waals surface area contributed by atoms with Gasteiger partial charge in [0.15, 0.2) is 0 Å². The number of aryl methyl sites for hydroxylation is 1. The Morgan fingerprint density at radius 3 is 2.76 bits per heavy atom. The van der Waals surface area contributed by atoms with Crippen molar-refractivity contribution in [2.24, 2.45) is 7.05 Å². The van der Waals surface area contributed by atoms with E-state index in [1.807, 2.05) is 6.92 Å². The van der Waals surface area contributed by atoms with Gasteiger partial charge < -0.3 is 14.2 Å². The number of ether oxygens (including phenoxy) is 1. The van der Waals surface area contributed by atoms with Crippen LogP contribution in [0.3, 0.4) is 0 Å². The van der Waals surface area contributed by atoms with Gasteiger partial charge in [-0.05, 0) is 24.6 Å². The van der Waals surface area contributed by atoms with Crippen LogP contribution in [0.2, 0.25) is 0 Å². The number of halogens is 1. The van der Waals surface area contributed by atoms with Crippen LogP contribution in [0.5, 0.6) is 0 Å². The minimum absolute atomic E-state index is 0.0209. The molecule has 2 aromatic rings. The molecule has 0 radical (unpaired) electrons. The highest BCUT2D eigenvalue weighted by Crippen LogP contribution is 2.25. The maximum Gasteiger partial charge on any atom is 0.323 e. The minimum atomic E-state index is -0.418. The van der Waals surface area contributed by atoms with Crippen molar-refractivity contribution >= 4 is 11.8 Å². The zero-order valence-corrected chi connectivity index (χ0v) is 14.0. The van der Waals surface area contributed by atoms with Crippen molar-refractivity contribution in [1.82, 2.24) is 14.5 Å². The lowest BCUT2D eigenvalue weighted by atomic mass is 10.1. The predicted molar refractivity (Wildman–Crippen MR) is 89.8 cm³/mol. The molecule has 8 heteroatoms. The zero-order chi connectivity index (χ0) is 18.0. The number of nitrogens with zero attached hydrogens (tertiary/aromatic N) is 3. The summed E-state index contributed by atoms with van der Waals surface area (Å²) in [7, 11) is 1.58. The van der Waals surface area contributed by atoms with E-state index in [4.69, 9.17) is 4.74 Å². The molecule has 1 aliphatic rings. The molecule has 1 N–H and O–H groups in total. The molecule has 0 aliphatic carbocycles. The minimum Gasteiger partial charge on any atom is -0.367 e. The monoisotopic (exact) mass is 346 g/mol. The van der Waals surface area contributed by atoms with Crippen molar-refractivity contribution in [1.29, 1.82) is 0 Å². The number of anilines is 1. The van der Waals surface area contributed by atoms with E-state index in [2.05, 4.69) is 10.3 Å². The highest BCUT2D eigenvalue weighted by atomic mass is 19.1. The van der Waals surface area contributed by atoms with Gasteiger partial charge >= 0.3 is 6.03 Å². The van der Waals surface area contributed by atoms with Crippen molar-refractivity contribution < 1.29 is 13.9 Å². The Labute approximate surface area is 144 Å². The van der Waals surface area contributed by atoms with Crippen LogP contribution in [0, 0.1) is 5.82 Å². The molecule has 0 spiro atoms. The number of urea groups is 1. The Bertz CT molecular complexity index is 821. The number of rotatable bonds is 2. The SMILES string of the molecule is C[C@H]1CN(C(=O)Nc2nccn(C)c2=O)C[C@H](c2ccc(F)cc2)O1. The van der Waals surface area contributed by atoms with Crippen LogP contribution in [-0.4, -0.2) is 39.7 Å². The van der Waals surface area contributed by atoms with Crippen LogP contribution in [-0.2, 0) is 11.8 Å². The van der Waals surface area contributed by atoms with Crippen molar-refractivity contribution in [3.8, 4) is 0 Å². The summed E-state index contributed by atoms with van der Waals surface area (Å²) in [5, 5.41) is 2.55. The number of nitrogens with one attached hydrogen (secondary N) is 1. The lowest BCUT2D eigenvalue weighted by Gasteiger charge is -2.36. The highest BCUT2D eigenvalue weighted by Gasteiger charge is 2.30. The molecule has 2 atom stereocenters. The van der Waals surface area contributed by atoms with E-state index in [1.54, 1.807) is 24.1 Å². The summed E-state index contributed by atoms with van der Waals surface area (Å²) < 4.78 is 20.3. The number of hydrogen-bond donors (Lipinski definition) is 1. The zero-order valence-electron chi connectivity index (χ0n) is 14.0. The molecule has 1 saturated heterocycles. The topological polar surface area (TPSA) is 76.5 Å². The molecule has 0 unspecified atom stereocenters. The predicted octanol–water partition coefficient (Wildman–Crippen LogP) is 1.91. The lowest BCUT2D eigenvalue weighted by Crippen LogP contribution is -2.48. The molecule has 1 aliphatic heterocycles. The van der Waals surface area contributed by atoms with E-state index >= 15 is 0 Å². The third kappa shape index (κ3) is 3.85. The summed E-state index contributed by atoms with van der Waals surface area (Å²) >= 11 is 0. The quantitative estimate of drug-likeness (QED) is 0.901. The van der Waals surface area contributed by atoms with E-state index in [1.165, 1.54) is 29.1 Å². The molecule has 2 heterocycles. The molecule has 3 rings (SSSR count). The summed E-state index contributed by atoms with van der Waals surface area (Å²) in [5.74, 6) is -0.347. The Hall–Kier alpha value is -2.74. The van der Waals surface area contributed by atoms with Crippen molar-refractivity contribution in [2.45, 2.75) is 19.1 Å². The fourth-order valence-electron chi connectivity index (χ4n) is 2.74. The average molecular weight is 346 g/mol.